The van der Waals surface area contributed by atoms with Crippen LogP contribution < -0.4 is 10.5 Å². The second-order valence-electron chi connectivity index (χ2n) is 9.49. The lowest BCUT2D eigenvalue weighted by atomic mass is 10.2. The van der Waals surface area contributed by atoms with Gasteiger partial charge in [0.05, 0.1) is 17.4 Å². The summed E-state index contributed by atoms with van der Waals surface area (Å²) in [5.74, 6) is 0.917. The molecule has 38 heavy (non-hydrogen) atoms. The largest absolute Gasteiger partial charge is 0.368 e. The van der Waals surface area contributed by atoms with E-state index in [0.29, 0.717) is 62.6 Å². The summed E-state index contributed by atoms with van der Waals surface area (Å²) < 4.78 is 16.8. The summed E-state index contributed by atoms with van der Waals surface area (Å²) in [7, 11) is 0. The van der Waals surface area contributed by atoms with Crippen molar-refractivity contribution in [2.45, 2.75) is 19.4 Å². The smallest absolute Gasteiger partial charge is 0.263 e. The molecule has 0 radical (unpaired) electrons. The zero-order chi connectivity index (χ0) is 26.1. The third-order valence-electron chi connectivity index (χ3n) is 7.15. The minimum atomic E-state index is -0.256. The molecule has 6 rings (SSSR count). The average Bonchev–Trinajstić information content (AvgIpc) is 3.39. The Morgan fingerprint density at radius 1 is 0.842 bits per heavy atom. The fourth-order valence-corrected chi connectivity index (χ4v) is 5.13. The van der Waals surface area contributed by atoms with E-state index in [0.717, 1.165) is 16.8 Å². The Labute approximate surface area is 218 Å². The topological polar surface area (TPSA) is 75.7 Å². The Bertz CT molecular complexity index is 1650. The second-order valence-corrected chi connectivity index (χ2v) is 9.49. The number of anilines is 1. The van der Waals surface area contributed by atoms with Crippen LogP contribution in [0.25, 0.3) is 16.7 Å². The lowest BCUT2D eigenvalue weighted by Crippen LogP contribution is -2.48. The van der Waals surface area contributed by atoms with Crippen LogP contribution in [0.3, 0.4) is 0 Å². The molecule has 1 amide bonds. The maximum absolute atomic E-state index is 13.4. The molecule has 3 aromatic carbocycles. The zero-order valence-electron chi connectivity index (χ0n) is 20.8. The number of aryl methyl sites for hydroxylation is 1. The number of hydrogen-bond donors (Lipinski definition) is 0. The summed E-state index contributed by atoms with van der Waals surface area (Å²) >= 11 is 0. The summed E-state index contributed by atoms with van der Waals surface area (Å²) in [6.45, 7) is 2.99. The molecule has 1 fully saturated rings. The van der Waals surface area contributed by atoms with Gasteiger partial charge in [-0.1, -0.05) is 42.5 Å². The summed E-state index contributed by atoms with van der Waals surface area (Å²) in [5.41, 5.74) is 2.57. The highest BCUT2D eigenvalue weighted by atomic mass is 19.1. The number of halogens is 1. The van der Waals surface area contributed by atoms with Crippen LogP contribution in [0, 0.1) is 5.82 Å². The highest BCUT2D eigenvalue weighted by molar-refractivity contribution is 5.81. The fourth-order valence-electron chi connectivity index (χ4n) is 5.13. The second kappa shape index (κ2) is 10.1. The van der Waals surface area contributed by atoms with Crippen molar-refractivity contribution in [3.63, 3.8) is 0 Å². The van der Waals surface area contributed by atoms with Gasteiger partial charge in [-0.2, -0.15) is 0 Å². The third-order valence-corrected chi connectivity index (χ3v) is 7.15. The monoisotopic (exact) mass is 510 g/mol. The fraction of sp³-hybridized carbons (Fsp3) is 0.241. The highest BCUT2D eigenvalue weighted by Gasteiger charge is 2.23. The van der Waals surface area contributed by atoms with Crippen LogP contribution in [0.4, 0.5) is 10.1 Å². The van der Waals surface area contributed by atoms with Crippen molar-refractivity contribution in [1.82, 2.24) is 24.1 Å². The molecule has 8 nitrogen and oxygen atoms in total. The van der Waals surface area contributed by atoms with Crippen molar-refractivity contribution in [2.24, 2.45) is 0 Å². The SMILES string of the molecule is O=C(CCc1nnc2n(Cc3ccccc3)c(=O)c3ccccc3n12)N1CCN(c2ccc(F)cc2)CC1. The number of aromatic nitrogens is 4. The number of amides is 1. The number of para-hydroxylation sites is 1. The summed E-state index contributed by atoms with van der Waals surface area (Å²) in [6.07, 6.45) is 0.704. The molecular weight excluding hydrogens is 483 g/mol. The Balaban J connectivity index is 1.21. The molecule has 5 aromatic rings. The molecule has 3 heterocycles. The van der Waals surface area contributed by atoms with Gasteiger partial charge in [-0.05, 0) is 42.0 Å². The van der Waals surface area contributed by atoms with E-state index in [1.54, 1.807) is 16.7 Å². The number of carbonyl (C=O) groups excluding carboxylic acids is 1. The molecule has 9 heteroatoms. The van der Waals surface area contributed by atoms with E-state index in [2.05, 4.69) is 15.1 Å². The van der Waals surface area contributed by atoms with Gasteiger partial charge in [-0.15, -0.1) is 10.2 Å². The van der Waals surface area contributed by atoms with E-state index >= 15 is 0 Å². The Kier molecular flexibility index (Phi) is 6.33. The molecule has 192 valence electrons. The molecule has 0 unspecified atom stereocenters. The van der Waals surface area contributed by atoms with E-state index in [4.69, 9.17) is 0 Å². The molecule has 0 aliphatic carbocycles. The van der Waals surface area contributed by atoms with Crippen LogP contribution in [-0.4, -0.2) is 56.2 Å². The van der Waals surface area contributed by atoms with Crippen LogP contribution in [0.2, 0.25) is 0 Å². The van der Waals surface area contributed by atoms with Crippen LogP contribution in [0.1, 0.15) is 17.8 Å². The van der Waals surface area contributed by atoms with Gasteiger partial charge in [0.1, 0.15) is 11.6 Å². The first-order chi connectivity index (χ1) is 18.6. The number of carbonyl (C=O) groups is 1. The number of fused-ring (bicyclic) bond motifs is 3. The molecule has 1 aliphatic rings. The molecule has 1 saturated heterocycles. The standard InChI is InChI=1S/C29H27FN6O2/c30-22-10-12-23(13-11-22)33-16-18-34(19-17-33)27(37)15-14-26-31-32-29-35(20-21-6-2-1-3-7-21)28(38)24-8-4-5-9-25(24)36(26)29/h1-13H,14-20H2. The number of rotatable bonds is 6. The van der Waals surface area contributed by atoms with Crippen LogP contribution in [0.15, 0.2) is 83.7 Å². The first-order valence-electron chi connectivity index (χ1n) is 12.8. The molecule has 0 atom stereocenters. The predicted octanol–water partition coefficient (Wildman–Crippen LogP) is 3.51. The number of piperazine rings is 1. The quantitative estimate of drug-likeness (QED) is 0.350. The van der Waals surface area contributed by atoms with E-state index in [1.165, 1.54) is 12.1 Å². The van der Waals surface area contributed by atoms with Gasteiger partial charge in [0.15, 0.2) is 0 Å². The lowest BCUT2D eigenvalue weighted by molar-refractivity contribution is -0.131. The Hall–Kier alpha value is -4.53. The molecule has 1 aliphatic heterocycles. The first-order valence-corrected chi connectivity index (χ1v) is 12.8. The number of nitrogens with zero attached hydrogens (tertiary/aromatic N) is 6. The van der Waals surface area contributed by atoms with Gasteiger partial charge in [0.2, 0.25) is 11.7 Å². The molecular formula is C29H27FN6O2. The van der Waals surface area contributed by atoms with Crippen molar-refractivity contribution in [2.75, 3.05) is 31.1 Å². The zero-order valence-corrected chi connectivity index (χ0v) is 20.8. The van der Waals surface area contributed by atoms with Crippen molar-refractivity contribution in [3.8, 4) is 0 Å². The van der Waals surface area contributed by atoms with Gasteiger partial charge in [-0.3, -0.25) is 18.6 Å². The normalized spacial score (nSPS) is 13.9. The summed E-state index contributed by atoms with van der Waals surface area (Å²) in [6, 6.07) is 23.7. The van der Waals surface area contributed by atoms with Crippen molar-refractivity contribution < 1.29 is 9.18 Å². The molecule has 0 N–H and O–H groups in total. The lowest BCUT2D eigenvalue weighted by Gasteiger charge is -2.36. The minimum absolute atomic E-state index is 0.0578. The highest BCUT2D eigenvalue weighted by Crippen LogP contribution is 2.19. The van der Waals surface area contributed by atoms with E-state index in [9.17, 15) is 14.0 Å². The number of benzene rings is 3. The Morgan fingerprint density at radius 3 is 2.32 bits per heavy atom. The van der Waals surface area contributed by atoms with Crippen LogP contribution in [-0.2, 0) is 17.8 Å². The molecule has 0 spiro atoms. The van der Waals surface area contributed by atoms with Crippen LogP contribution >= 0.6 is 0 Å². The van der Waals surface area contributed by atoms with E-state index < -0.39 is 0 Å². The molecule has 2 aromatic heterocycles. The maximum atomic E-state index is 13.4. The van der Waals surface area contributed by atoms with Crippen molar-refractivity contribution >= 4 is 28.3 Å². The average molecular weight is 511 g/mol. The van der Waals surface area contributed by atoms with E-state index in [-0.39, 0.29) is 17.3 Å². The van der Waals surface area contributed by atoms with Gasteiger partial charge in [0, 0.05) is 44.7 Å². The van der Waals surface area contributed by atoms with Gasteiger partial charge in [-0.25, -0.2) is 4.39 Å². The predicted molar refractivity (Wildman–Crippen MR) is 144 cm³/mol. The summed E-state index contributed by atoms with van der Waals surface area (Å²) in [4.78, 5) is 30.5. The van der Waals surface area contributed by atoms with Gasteiger partial charge >= 0.3 is 0 Å². The third kappa shape index (κ3) is 4.51. The molecule has 0 saturated carbocycles. The number of hydrogen-bond acceptors (Lipinski definition) is 5. The van der Waals surface area contributed by atoms with Crippen LogP contribution in [0.5, 0.6) is 0 Å². The van der Waals surface area contributed by atoms with Gasteiger partial charge < -0.3 is 9.80 Å². The Morgan fingerprint density at radius 2 is 1.55 bits per heavy atom. The van der Waals surface area contributed by atoms with E-state index in [1.807, 2.05) is 63.9 Å². The minimum Gasteiger partial charge on any atom is -0.368 e. The summed E-state index contributed by atoms with van der Waals surface area (Å²) in [5, 5.41) is 9.38. The molecule has 0 bridgehead atoms. The first kappa shape index (κ1) is 23.8. The van der Waals surface area contributed by atoms with Crippen molar-refractivity contribution in [1.29, 1.82) is 0 Å². The van der Waals surface area contributed by atoms with Crippen molar-refractivity contribution in [3.05, 3.63) is 106 Å². The van der Waals surface area contributed by atoms with Gasteiger partial charge in [0.25, 0.3) is 5.56 Å². The maximum Gasteiger partial charge on any atom is 0.263 e.